The van der Waals surface area contributed by atoms with Crippen LogP contribution in [0.2, 0.25) is 4.47 Å². The van der Waals surface area contributed by atoms with Crippen molar-refractivity contribution in [3.8, 4) is 0 Å². The van der Waals surface area contributed by atoms with Crippen molar-refractivity contribution >= 4 is 22.9 Å². The number of hydrogen-bond acceptors (Lipinski definition) is 3. The molecule has 0 fully saturated rings. The highest BCUT2D eigenvalue weighted by atomic mass is 35.5. The Balaban J connectivity index is 2.04. The van der Waals surface area contributed by atoms with Crippen LogP contribution < -0.4 is 0 Å². The van der Waals surface area contributed by atoms with E-state index in [1.54, 1.807) is 6.20 Å². The smallest absolute Gasteiger partial charge is 0.183 e. The van der Waals surface area contributed by atoms with Crippen LogP contribution in [0.3, 0.4) is 0 Å². The van der Waals surface area contributed by atoms with Gasteiger partial charge in [-0.15, -0.1) is 11.3 Å². The lowest BCUT2D eigenvalue weighted by atomic mass is 10.1. The van der Waals surface area contributed by atoms with E-state index in [0.717, 1.165) is 23.8 Å². The molecule has 0 atom stereocenters. The molecule has 1 aromatic rings. The van der Waals surface area contributed by atoms with Gasteiger partial charge in [0.2, 0.25) is 0 Å². The number of rotatable bonds is 6. The molecule has 1 aromatic heterocycles. The van der Waals surface area contributed by atoms with Gasteiger partial charge in [0.1, 0.15) is 0 Å². The predicted octanol–water partition coefficient (Wildman–Crippen LogP) is 3.75. The van der Waals surface area contributed by atoms with Crippen LogP contribution in [0.15, 0.2) is 6.20 Å². The Bertz CT molecular complexity index is 262. The largest absolute Gasteiger partial charge is 0.376 e. The molecule has 1 rings (SSSR count). The first-order valence-corrected chi connectivity index (χ1v) is 6.06. The number of halogens is 1. The second-order valence-corrected chi connectivity index (χ2v) is 5.37. The molecule has 0 aliphatic rings. The van der Waals surface area contributed by atoms with Crippen molar-refractivity contribution in [2.75, 3.05) is 6.61 Å². The van der Waals surface area contributed by atoms with Crippen LogP contribution >= 0.6 is 22.9 Å². The van der Waals surface area contributed by atoms with Gasteiger partial charge in [0.05, 0.1) is 11.5 Å². The molecule has 80 valence electrons. The minimum absolute atomic E-state index is 0.589. The SMILES string of the molecule is CC(C)CCCOCc1cnc(Cl)s1. The lowest BCUT2D eigenvalue weighted by molar-refractivity contribution is 0.117. The van der Waals surface area contributed by atoms with E-state index < -0.39 is 0 Å². The Morgan fingerprint density at radius 1 is 1.57 bits per heavy atom. The monoisotopic (exact) mass is 233 g/mol. The maximum absolute atomic E-state index is 5.69. The Kier molecular flexibility index (Phi) is 5.45. The van der Waals surface area contributed by atoms with Crippen molar-refractivity contribution in [1.29, 1.82) is 0 Å². The van der Waals surface area contributed by atoms with Crippen LogP contribution in [0.4, 0.5) is 0 Å². The Morgan fingerprint density at radius 3 is 2.93 bits per heavy atom. The van der Waals surface area contributed by atoms with Gasteiger partial charge in [0.15, 0.2) is 4.47 Å². The lowest BCUT2D eigenvalue weighted by Crippen LogP contribution is -1.96. The quantitative estimate of drug-likeness (QED) is 0.699. The minimum atomic E-state index is 0.589. The summed E-state index contributed by atoms with van der Waals surface area (Å²) >= 11 is 7.18. The van der Waals surface area contributed by atoms with Crippen molar-refractivity contribution in [3.05, 3.63) is 15.5 Å². The van der Waals surface area contributed by atoms with Gasteiger partial charge in [-0.25, -0.2) is 4.98 Å². The lowest BCUT2D eigenvalue weighted by Gasteiger charge is -2.04. The highest BCUT2D eigenvalue weighted by Gasteiger charge is 1.99. The van der Waals surface area contributed by atoms with Crippen LogP contribution in [0.5, 0.6) is 0 Å². The van der Waals surface area contributed by atoms with E-state index in [-0.39, 0.29) is 0 Å². The Morgan fingerprint density at radius 2 is 2.36 bits per heavy atom. The van der Waals surface area contributed by atoms with Gasteiger partial charge in [-0.05, 0) is 18.8 Å². The van der Waals surface area contributed by atoms with E-state index >= 15 is 0 Å². The summed E-state index contributed by atoms with van der Waals surface area (Å²) in [5, 5.41) is 0. The zero-order chi connectivity index (χ0) is 10.4. The van der Waals surface area contributed by atoms with Crippen LogP contribution in [0, 0.1) is 5.92 Å². The molecular formula is C10H16ClNOS. The summed E-state index contributed by atoms with van der Waals surface area (Å²) in [5.74, 6) is 0.761. The first kappa shape index (κ1) is 12.0. The number of aromatic nitrogens is 1. The van der Waals surface area contributed by atoms with E-state index in [1.165, 1.54) is 17.8 Å². The van der Waals surface area contributed by atoms with Crippen molar-refractivity contribution in [2.45, 2.75) is 33.3 Å². The molecule has 4 heteroatoms. The third-order valence-corrected chi connectivity index (χ3v) is 2.93. The second kappa shape index (κ2) is 6.38. The molecular weight excluding hydrogens is 218 g/mol. The predicted molar refractivity (Wildman–Crippen MR) is 60.9 cm³/mol. The molecule has 0 spiro atoms. The topological polar surface area (TPSA) is 22.1 Å². The van der Waals surface area contributed by atoms with Gasteiger partial charge >= 0.3 is 0 Å². The summed E-state index contributed by atoms with van der Waals surface area (Å²) in [4.78, 5) is 5.04. The fourth-order valence-corrected chi connectivity index (χ4v) is 2.03. The van der Waals surface area contributed by atoms with Gasteiger partial charge in [-0.3, -0.25) is 0 Å². The first-order chi connectivity index (χ1) is 6.68. The van der Waals surface area contributed by atoms with E-state index in [1.807, 2.05) is 0 Å². The molecule has 0 aromatic carbocycles. The van der Waals surface area contributed by atoms with Gasteiger partial charge in [0.25, 0.3) is 0 Å². The summed E-state index contributed by atoms with van der Waals surface area (Å²) in [6, 6.07) is 0. The first-order valence-electron chi connectivity index (χ1n) is 4.86. The number of nitrogens with zero attached hydrogens (tertiary/aromatic N) is 1. The van der Waals surface area contributed by atoms with E-state index in [2.05, 4.69) is 18.8 Å². The maximum Gasteiger partial charge on any atom is 0.183 e. The molecule has 0 saturated heterocycles. The highest BCUT2D eigenvalue weighted by molar-refractivity contribution is 7.15. The third-order valence-electron chi connectivity index (χ3n) is 1.84. The maximum atomic E-state index is 5.69. The molecule has 0 aliphatic heterocycles. The van der Waals surface area contributed by atoms with Crippen LogP contribution in [0.1, 0.15) is 31.6 Å². The molecule has 0 aliphatic carbocycles. The molecule has 0 unspecified atom stereocenters. The molecule has 0 bridgehead atoms. The second-order valence-electron chi connectivity index (χ2n) is 3.67. The Labute approximate surface area is 94.3 Å². The van der Waals surface area contributed by atoms with Crippen molar-refractivity contribution in [2.24, 2.45) is 5.92 Å². The minimum Gasteiger partial charge on any atom is -0.376 e. The van der Waals surface area contributed by atoms with Gasteiger partial charge in [0, 0.05) is 12.8 Å². The van der Waals surface area contributed by atoms with Crippen LogP contribution in [0.25, 0.3) is 0 Å². The molecule has 14 heavy (non-hydrogen) atoms. The van der Waals surface area contributed by atoms with Crippen molar-refractivity contribution < 1.29 is 4.74 Å². The summed E-state index contributed by atoms with van der Waals surface area (Å²) in [5.41, 5.74) is 0. The molecule has 0 saturated carbocycles. The van der Waals surface area contributed by atoms with Gasteiger partial charge in [-0.2, -0.15) is 0 Å². The number of thiazole rings is 1. The van der Waals surface area contributed by atoms with Gasteiger partial charge in [-0.1, -0.05) is 25.4 Å². The van der Waals surface area contributed by atoms with Crippen LogP contribution in [-0.4, -0.2) is 11.6 Å². The van der Waals surface area contributed by atoms with E-state index in [4.69, 9.17) is 16.3 Å². The third kappa shape index (κ3) is 4.94. The zero-order valence-corrected chi connectivity index (χ0v) is 10.2. The summed E-state index contributed by atoms with van der Waals surface area (Å²) in [7, 11) is 0. The average Bonchev–Trinajstić information content (AvgIpc) is 2.50. The Hall–Kier alpha value is -0.120. The normalized spacial score (nSPS) is 11.1. The summed E-state index contributed by atoms with van der Waals surface area (Å²) < 4.78 is 6.08. The fourth-order valence-electron chi connectivity index (χ4n) is 1.12. The van der Waals surface area contributed by atoms with Crippen LogP contribution in [-0.2, 0) is 11.3 Å². The van der Waals surface area contributed by atoms with Crippen molar-refractivity contribution in [1.82, 2.24) is 4.98 Å². The molecule has 0 amide bonds. The average molecular weight is 234 g/mol. The van der Waals surface area contributed by atoms with E-state index in [0.29, 0.717) is 11.1 Å². The standard InChI is InChI=1S/C10H16ClNOS/c1-8(2)4-3-5-13-7-9-6-12-10(11)14-9/h6,8H,3-5,7H2,1-2H3. The molecule has 2 nitrogen and oxygen atoms in total. The number of ether oxygens (including phenoxy) is 1. The van der Waals surface area contributed by atoms with Crippen molar-refractivity contribution in [3.63, 3.8) is 0 Å². The summed E-state index contributed by atoms with van der Waals surface area (Å²) in [6.07, 6.45) is 4.13. The molecule has 0 N–H and O–H groups in total. The zero-order valence-electron chi connectivity index (χ0n) is 8.62. The number of hydrogen-bond donors (Lipinski definition) is 0. The highest BCUT2D eigenvalue weighted by Crippen LogP contribution is 2.18. The molecule has 0 radical (unpaired) electrons. The van der Waals surface area contributed by atoms with Gasteiger partial charge < -0.3 is 4.74 Å². The summed E-state index contributed by atoms with van der Waals surface area (Å²) in [6.45, 7) is 5.92. The molecule has 1 heterocycles. The fraction of sp³-hybridized carbons (Fsp3) is 0.700. The van der Waals surface area contributed by atoms with E-state index in [9.17, 15) is 0 Å².